The lowest BCUT2D eigenvalue weighted by atomic mass is 10.1. The zero-order valence-corrected chi connectivity index (χ0v) is 16.6. The lowest BCUT2D eigenvalue weighted by Gasteiger charge is -2.09. The van der Waals surface area contributed by atoms with Crippen molar-refractivity contribution in [3.63, 3.8) is 0 Å². The molecule has 0 saturated heterocycles. The highest BCUT2D eigenvalue weighted by Crippen LogP contribution is 2.27. The van der Waals surface area contributed by atoms with Gasteiger partial charge in [-0.1, -0.05) is 45.1 Å². The fraction of sp³-hybridized carbons (Fsp3) is 0.429. The number of pyridine rings is 2. The molecular formula is C21H29ClN4. The van der Waals surface area contributed by atoms with Crippen molar-refractivity contribution in [2.24, 2.45) is 0 Å². The van der Waals surface area contributed by atoms with E-state index in [0.29, 0.717) is 0 Å². The number of aryl methyl sites for hydroxylation is 1. The Hall–Kier alpha value is -2.07. The summed E-state index contributed by atoms with van der Waals surface area (Å²) < 4.78 is 2.13. The summed E-state index contributed by atoms with van der Waals surface area (Å²) in [6.45, 7) is 5.32. The first-order valence-corrected chi connectivity index (χ1v) is 9.43. The van der Waals surface area contributed by atoms with E-state index in [-0.39, 0.29) is 12.4 Å². The van der Waals surface area contributed by atoms with Gasteiger partial charge in [0.15, 0.2) is 0 Å². The summed E-state index contributed by atoms with van der Waals surface area (Å²) in [5, 5.41) is 3.61. The summed E-state index contributed by atoms with van der Waals surface area (Å²) in [6.07, 6.45) is 11.7. The third-order valence-electron chi connectivity index (χ3n) is 4.51. The Morgan fingerprint density at radius 3 is 2.62 bits per heavy atom. The van der Waals surface area contributed by atoms with Crippen molar-refractivity contribution in [1.82, 2.24) is 14.4 Å². The van der Waals surface area contributed by atoms with Crippen LogP contribution in [0.3, 0.4) is 0 Å². The first kappa shape index (κ1) is 20.2. The van der Waals surface area contributed by atoms with E-state index in [9.17, 15) is 0 Å². The molecule has 4 nitrogen and oxygen atoms in total. The molecule has 3 rings (SSSR count). The Morgan fingerprint density at radius 1 is 1.04 bits per heavy atom. The van der Waals surface area contributed by atoms with Crippen LogP contribution in [0.4, 0.5) is 5.82 Å². The van der Waals surface area contributed by atoms with Gasteiger partial charge < -0.3 is 5.32 Å². The summed E-state index contributed by atoms with van der Waals surface area (Å²) in [7, 11) is 0. The van der Waals surface area contributed by atoms with Gasteiger partial charge in [-0.2, -0.15) is 0 Å². The van der Waals surface area contributed by atoms with Crippen LogP contribution in [-0.2, 0) is 0 Å². The molecule has 26 heavy (non-hydrogen) atoms. The molecule has 3 aromatic rings. The van der Waals surface area contributed by atoms with Gasteiger partial charge in [-0.15, -0.1) is 12.4 Å². The van der Waals surface area contributed by atoms with E-state index >= 15 is 0 Å². The molecule has 0 unspecified atom stereocenters. The standard InChI is InChI=1S/C21H28N4.ClH/c1-3-4-5-6-7-9-14-23-21-20(18-11-8-10-13-22-18)24-19-16-17(2)12-15-25(19)21;/h8,10-13,15-16,23H,3-7,9,14H2,1-2H3;1H. The maximum Gasteiger partial charge on any atom is 0.140 e. The Balaban J connectivity index is 0.00000243. The van der Waals surface area contributed by atoms with Gasteiger partial charge >= 0.3 is 0 Å². The van der Waals surface area contributed by atoms with Gasteiger partial charge in [-0.05, 0) is 43.2 Å². The molecule has 5 heteroatoms. The molecule has 0 radical (unpaired) electrons. The molecule has 0 bridgehead atoms. The molecule has 0 aromatic carbocycles. The van der Waals surface area contributed by atoms with Crippen LogP contribution in [0.25, 0.3) is 17.0 Å². The number of anilines is 1. The average molecular weight is 373 g/mol. The predicted octanol–water partition coefficient (Wildman–Crippen LogP) is 5.90. The summed E-state index contributed by atoms with van der Waals surface area (Å²) in [5.74, 6) is 1.04. The van der Waals surface area contributed by atoms with E-state index in [1.54, 1.807) is 0 Å². The van der Waals surface area contributed by atoms with Crippen LogP contribution in [0, 0.1) is 6.92 Å². The fourth-order valence-electron chi connectivity index (χ4n) is 3.11. The maximum absolute atomic E-state index is 4.82. The lowest BCUT2D eigenvalue weighted by molar-refractivity contribution is 0.616. The molecule has 0 amide bonds. The monoisotopic (exact) mass is 372 g/mol. The Morgan fingerprint density at radius 2 is 1.85 bits per heavy atom. The molecule has 3 aromatic heterocycles. The highest BCUT2D eigenvalue weighted by Gasteiger charge is 2.14. The second-order valence-corrected chi connectivity index (χ2v) is 6.65. The van der Waals surface area contributed by atoms with Crippen molar-refractivity contribution in [1.29, 1.82) is 0 Å². The molecule has 0 aliphatic rings. The van der Waals surface area contributed by atoms with E-state index in [0.717, 1.165) is 29.4 Å². The number of hydrogen-bond acceptors (Lipinski definition) is 3. The SMILES string of the molecule is CCCCCCCCNc1c(-c2ccccn2)nc2cc(C)ccn12.Cl. The summed E-state index contributed by atoms with van der Waals surface area (Å²) in [6, 6.07) is 10.2. The lowest BCUT2D eigenvalue weighted by Crippen LogP contribution is -2.05. The molecule has 0 saturated carbocycles. The van der Waals surface area contributed by atoms with Crippen molar-refractivity contribution in [2.45, 2.75) is 52.4 Å². The highest BCUT2D eigenvalue weighted by atomic mass is 35.5. The van der Waals surface area contributed by atoms with Gasteiger partial charge in [0.2, 0.25) is 0 Å². The molecule has 3 heterocycles. The molecule has 0 spiro atoms. The number of fused-ring (bicyclic) bond motifs is 1. The Bertz CT molecular complexity index is 798. The summed E-state index contributed by atoms with van der Waals surface area (Å²) in [4.78, 5) is 9.31. The summed E-state index contributed by atoms with van der Waals surface area (Å²) in [5.41, 5.74) is 4.02. The van der Waals surface area contributed by atoms with E-state index in [1.165, 1.54) is 44.1 Å². The minimum absolute atomic E-state index is 0. The quantitative estimate of drug-likeness (QED) is 0.475. The number of nitrogens with zero attached hydrogens (tertiary/aromatic N) is 3. The van der Waals surface area contributed by atoms with E-state index < -0.39 is 0 Å². The van der Waals surface area contributed by atoms with Gasteiger partial charge in [0.05, 0.1) is 5.69 Å². The van der Waals surface area contributed by atoms with Crippen LogP contribution in [0.2, 0.25) is 0 Å². The number of rotatable bonds is 9. The Kier molecular flexibility index (Phi) is 7.92. The van der Waals surface area contributed by atoms with Crippen molar-refractivity contribution in [2.75, 3.05) is 11.9 Å². The van der Waals surface area contributed by atoms with Crippen molar-refractivity contribution in [3.05, 3.63) is 48.3 Å². The molecule has 1 N–H and O–H groups in total. The van der Waals surface area contributed by atoms with E-state index in [1.807, 2.05) is 24.4 Å². The molecular weight excluding hydrogens is 344 g/mol. The van der Waals surface area contributed by atoms with E-state index in [2.05, 4.69) is 46.9 Å². The number of aromatic nitrogens is 3. The van der Waals surface area contributed by atoms with Crippen LogP contribution >= 0.6 is 12.4 Å². The highest BCUT2D eigenvalue weighted by molar-refractivity contribution is 5.85. The number of imidazole rings is 1. The van der Waals surface area contributed by atoms with Crippen molar-refractivity contribution in [3.8, 4) is 11.4 Å². The Labute approximate surface area is 162 Å². The first-order valence-electron chi connectivity index (χ1n) is 9.43. The fourth-order valence-corrected chi connectivity index (χ4v) is 3.11. The summed E-state index contributed by atoms with van der Waals surface area (Å²) >= 11 is 0. The minimum atomic E-state index is 0. The van der Waals surface area contributed by atoms with Gasteiger partial charge in [-0.25, -0.2) is 4.98 Å². The van der Waals surface area contributed by atoms with Crippen LogP contribution in [-0.4, -0.2) is 20.9 Å². The maximum atomic E-state index is 4.82. The number of halogens is 1. The van der Waals surface area contributed by atoms with Crippen LogP contribution in [0.5, 0.6) is 0 Å². The number of unbranched alkanes of at least 4 members (excludes halogenated alkanes) is 5. The molecule has 140 valence electrons. The second-order valence-electron chi connectivity index (χ2n) is 6.65. The average Bonchev–Trinajstić information content (AvgIpc) is 2.99. The predicted molar refractivity (Wildman–Crippen MR) is 112 cm³/mol. The first-order chi connectivity index (χ1) is 12.3. The third kappa shape index (κ3) is 4.98. The molecule has 0 aliphatic carbocycles. The van der Waals surface area contributed by atoms with Crippen molar-refractivity contribution < 1.29 is 0 Å². The zero-order chi connectivity index (χ0) is 17.5. The topological polar surface area (TPSA) is 42.2 Å². The van der Waals surface area contributed by atoms with Crippen LogP contribution in [0.15, 0.2) is 42.7 Å². The minimum Gasteiger partial charge on any atom is -0.369 e. The molecule has 0 aliphatic heterocycles. The van der Waals surface area contributed by atoms with E-state index in [4.69, 9.17) is 4.98 Å². The molecule has 0 fully saturated rings. The number of hydrogen-bond donors (Lipinski definition) is 1. The smallest absolute Gasteiger partial charge is 0.140 e. The molecule has 0 atom stereocenters. The van der Waals surface area contributed by atoms with Crippen molar-refractivity contribution >= 4 is 23.9 Å². The van der Waals surface area contributed by atoms with Gasteiger partial charge in [0, 0.05) is 18.9 Å². The second kappa shape index (κ2) is 10.2. The number of nitrogens with one attached hydrogen (secondary N) is 1. The van der Waals surface area contributed by atoms with Crippen LogP contribution < -0.4 is 5.32 Å². The largest absolute Gasteiger partial charge is 0.369 e. The normalized spacial score (nSPS) is 10.7. The zero-order valence-electron chi connectivity index (χ0n) is 15.7. The van der Waals surface area contributed by atoms with Gasteiger partial charge in [-0.3, -0.25) is 9.38 Å². The van der Waals surface area contributed by atoms with Gasteiger partial charge in [0.1, 0.15) is 17.2 Å². The third-order valence-corrected chi connectivity index (χ3v) is 4.51. The van der Waals surface area contributed by atoms with Gasteiger partial charge in [0.25, 0.3) is 0 Å². The van der Waals surface area contributed by atoms with Crippen LogP contribution in [0.1, 0.15) is 51.0 Å².